The quantitative estimate of drug-likeness (QED) is 0.435. The molecule has 0 aliphatic heterocycles. The van der Waals surface area contributed by atoms with Crippen LogP contribution in [0, 0.1) is 10.8 Å². The van der Waals surface area contributed by atoms with Crippen LogP contribution >= 0.6 is 0 Å². The van der Waals surface area contributed by atoms with Crippen LogP contribution in [0.15, 0.2) is 30.3 Å². The second-order valence-corrected chi connectivity index (χ2v) is 4.33. The van der Waals surface area contributed by atoms with Crippen LogP contribution in [-0.2, 0) is 9.53 Å². The summed E-state index contributed by atoms with van der Waals surface area (Å²) in [5.74, 6) is -0.494. The third kappa shape index (κ3) is 3.20. The summed E-state index contributed by atoms with van der Waals surface area (Å²) in [5.41, 5.74) is 0.0243. The molecule has 0 unspecified atom stereocenters. The van der Waals surface area contributed by atoms with E-state index >= 15 is 0 Å². The Labute approximate surface area is 89.6 Å². The van der Waals surface area contributed by atoms with Crippen molar-refractivity contribution in [2.24, 2.45) is 5.41 Å². The van der Waals surface area contributed by atoms with E-state index in [0.29, 0.717) is 5.56 Å². The molecule has 0 saturated heterocycles. The van der Waals surface area contributed by atoms with Gasteiger partial charge in [-0.15, -0.1) is 0 Å². The molecular formula is C12H15NO2. The highest BCUT2D eigenvalue weighted by Gasteiger charge is 2.24. The molecular weight excluding hydrogens is 190 g/mol. The Morgan fingerprint density at radius 2 is 1.73 bits per heavy atom. The molecule has 0 aromatic heterocycles. The van der Waals surface area contributed by atoms with Crippen molar-refractivity contribution in [2.45, 2.75) is 20.8 Å². The van der Waals surface area contributed by atoms with E-state index in [2.05, 4.69) is 0 Å². The Bertz CT molecular complexity index is 363. The number of benzene rings is 1. The Kier molecular flexibility index (Phi) is 3.24. The van der Waals surface area contributed by atoms with Gasteiger partial charge in [-0.1, -0.05) is 18.2 Å². The SMILES string of the molecule is CC(C)(C)C(=O)OC(=N)c1ccccc1. The number of hydrogen-bond acceptors (Lipinski definition) is 3. The number of esters is 1. The lowest BCUT2D eigenvalue weighted by molar-refractivity contribution is -0.144. The van der Waals surface area contributed by atoms with Crippen LogP contribution in [0.4, 0.5) is 0 Å². The lowest BCUT2D eigenvalue weighted by atomic mass is 9.97. The summed E-state index contributed by atoms with van der Waals surface area (Å²) in [4.78, 5) is 11.5. The Hall–Kier alpha value is -1.64. The van der Waals surface area contributed by atoms with Crippen LogP contribution in [0.3, 0.4) is 0 Å². The minimum Gasteiger partial charge on any atom is -0.407 e. The fourth-order valence-corrected chi connectivity index (χ4v) is 0.894. The van der Waals surface area contributed by atoms with Crippen molar-refractivity contribution < 1.29 is 9.53 Å². The maximum atomic E-state index is 11.5. The minimum absolute atomic E-state index is 0.101. The molecule has 3 heteroatoms. The van der Waals surface area contributed by atoms with Gasteiger partial charge in [-0.3, -0.25) is 10.2 Å². The molecule has 0 heterocycles. The highest BCUT2D eigenvalue weighted by atomic mass is 16.5. The van der Waals surface area contributed by atoms with Gasteiger partial charge in [0.15, 0.2) is 0 Å². The van der Waals surface area contributed by atoms with Gasteiger partial charge in [0.25, 0.3) is 0 Å². The maximum Gasteiger partial charge on any atom is 0.317 e. The molecule has 0 radical (unpaired) electrons. The number of carbonyl (C=O) groups excluding carboxylic acids is 1. The number of ether oxygens (including phenoxy) is 1. The summed E-state index contributed by atoms with van der Waals surface area (Å²) in [6, 6.07) is 8.92. The first-order chi connectivity index (χ1) is 6.91. The van der Waals surface area contributed by atoms with E-state index in [-0.39, 0.29) is 5.90 Å². The topological polar surface area (TPSA) is 50.2 Å². The first-order valence-electron chi connectivity index (χ1n) is 4.77. The third-order valence-electron chi connectivity index (χ3n) is 1.84. The van der Waals surface area contributed by atoms with E-state index in [1.54, 1.807) is 45.0 Å². The molecule has 0 fully saturated rings. The zero-order chi connectivity index (χ0) is 11.5. The number of rotatable bonds is 1. The number of hydrogen-bond donors (Lipinski definition) is 1. The summed E-state index contributed by atoms with van der Waals surface area (Å²) >= 11 is 0. The first-order valence-corrected chi connectivity index (χ1v) is 4.77. The van der Waals surface area contributed by atoms with Crippen molar-refractivity contribution in [3.63, 3.8) is 0 Å². The molecule has 1 aromatic carbocycles. The molecule has 0 saturated carbocycles. The van der Waals surface area contributed by atoms with Crippen LogP contribution in [0.1, 0.15) is 26.3 Å². The van der Waals surface area contributed by atoms with Crippen molar-refractivity contribution in [1.29, 1.82) is 5.41 Å². The van der Waals surface area contributed by atoms with Crippen molar-refractivity contribution in [3.8, 4) is 0 Å². The normalized spacial score (nSPS) is 10.9. The van der Waals surface area contributed by atoms with Gasteiger partial charge in [0.2, 0.25) is 5.90 Å². The Balaban J connectivity index is 2.70. The minimum atomic E-state index is -0.582. The van der Waals surface area contributed by atoms with Gasteiger partial charge in [-0.25, -0.2) is 0 Å². The molecule has 0 amide bonds. The third-order valence-corrected chi connectivity index (χ3v) is 1.84. The molecule has 0 atom stereocenters. The summed E-state index contributed by atoms with van der Waals surface area (Å²) in [6.45, 7) is 5.27. The summed E-state index contributed by atoms with van der Waals surface area (Å²) in [5, 5.41) is 7.60. The van der Waals surface area contributed by atoms with Crippen LogP contribution in [0.25, 0.3) is 0 Å². The van der Waals surface area contributed by atoms with Crippen LogP contribution < -0.4 is 0 Å². The molecule has 15 heavy (non-hydrogen) atoms. The standard InChI is InChI=1S/C12H15NO2/c1-12(2,3)11(14)15-10(13)9-7-5-4-6-8-9/h4-8,13H,1-3H3. The molecule has 1 rings (SSSR count). The van der Waals surface area contributed by atoms with Crippen molar-refractivity contribution in [1.82, 2.24) is 0 Å². The number of nitrogens with one attached hydrogen (secondary N) is 1. The smallest absolute Gasteiger partial charge is 0.317 e. The molecule has 0 aliphatic rings. The van der Waals surface area contributed by atoms with Gasteiger partial charge in [-0.2, -0.15) is 0 Å². The predicted octanol–water partition coefficient (Wildman–Crippen LogP) is 2.60. The summed E-state index contributed by atoms with van der Waals surface area (Å²) in [7, 11) is 0. The van der Waals surface area contributed by atoms with Crippen LogP contribution in [-0.4, -0.2) is 11.9 Å². The van der Waals surface area contributed by atoms with Gasteiger partial charge in [0.1, 0.15) is 0 Å². The second-order valence-electron chi connectivity index (χ2n) is 4.33. The van der Waals surface area contributed by atoms with E-state index in [1.807, 2.05) is 6.07 Å². The highest BCUT2D eigenvalue weighted by molar-refractivity contribution is 5.99. The van der Waals surface area contributed by atoms with Crippen molar-refractivity contribution in [3.05, 3.63) is 35.9 Å². The van der Waals surface area contributed by atoms with E-state index in [0.717, 1.165) is 0 Å². The fraction of sp³-hybridized carbons (Fsp3) is 0.333. The monoisotopic (exact) mass is 205 g/mol. The van der Waals surface area contributed by atoms with E-state index in [4.69, 9.17) is 10.1 Å². The maximum absolute atomic E-state index is 11.5. The Morgan fingerprint density at radius 3 is 2.20 bits per heavy atom. The van der Waals surface area contributed by atoms with Crippen LogP contribution in [0.2, 0.25) is 0 Å². The fourth-order valence-electron chi connectivity index (χ4n) is 0.894. The highest BCUT2D eigenvalue weighted by Crippen LogP contribution is 2.16. The van der Waals surface area contributed by atoms with Gasteiger partial charge in [0.05, 0.1) is 5.41 Å². The first kappa shape index (κ1) is 11.4. The van der Waals surface area contributed by atoms with E-state index < -0.39 is 11.4 Å². The van der Waals surface area contributed by atoms with Gasteiger partial charge in [-0.05, 0) is 32.9 Å². The zero-order valence-corrected chi connectivity index (χ0v) is 9.20. The molecule has 0 bridgehead atoms. The molecule has 0 aliphatic carbocycles. The van der Waals surface area contributed by atoms with Crippen molar-refractivity contribution in [2.75, 3.05) is 0 Å². The summed E-state index contributed by atoms with van der Waals surface area (Å²) < 4.78 is 4.95. The largest absolute Gasteiger partial charge is 0.407 e. The van der Waals surface area contributed by atoms with Gasteiger partial charge in [0, 0.05) is 5.56 Å². The summed E-state index contributed by atoms with van der Waals surface area (Å²) in [6.07, 6.45) is 0. The number of carbonyl (C=O) groups is 1. The predicted molar refractivity (Wildman–Crippen MR) is 58.8 cm³/mol. The van der Waals surface area contributed by atoms with E-state index in [9.17, 15) is 4.79 Å². The van der Waals surface area contributed by atoms with Crippen molar-refractivity contribution >= 4 is 11.9 Å². The molecule has 1 aromatic rings. The lowest BCUT2D eigenvalue weighted by Gasteiger charge is -2.16. The Morgan fingerprint density at radius 1 is 1.20 bits per heavy atom. The molecule has 3 nitrogen and oxygen atoms in total. The van der Waals surface area contributed by atoms with E-state index in [1.165, 1.54) is 0 Å². The molecule has 80 valence electrons. The average molecular weight is 205 g/mol. The average Bonchev–Trinajstić information content (AvgIpc) is 2.17. The van der Waals surface area contributed by atoms with Crippen LogP contribution in [0.5, 0.6) is 0 Å². The molecule has 1 N–H and O–H groups in total. The second kappa shape index (κ2) is 4.26. The molecule has 0 spiro atoms. The van der Waals surface area contributed by atoms with Gasteiger partial charge < -0.3 is 4.74 Å². The van der Waals surface area contributed by atoms with Gasteiger partial charge >= 0.3 is 5.97 Å². The zero-order valence-electron chi connectivity index (χ0n) is 9.20. The lowest BCUT2D eigenvalue weighted by Crippen LogP contribution is -2.25.